The van der Waals surface area contributed by atoms with Crippen LogP contribution in [0.3, 0.4) is 0 Å². The van der Waals surface area contributed by atoms with Crippen LogP contribution in [-0.4, -0.2) is 0 Å². The highest BCUT2D eigenvalue weighted by atomic mass is 14.2. The normalized spacial score (nSPS) is 11.7. The van der Waals surface area contributed by atoms with Crippen molar-refractivity contribution in [2.75, 3.05) is 0 Å². The topological polar surface area (TPSA) is 0 Å². The molecule has 0 aliphatic rings. The highest BCUT2D eigenvalue weighted by Crippen LogP contribution is 2.21. The van der Waals surface area contributed by atoms with E-state index >= 15 is 0 Å². The molecule has 0 spiro atoms. The Labute approximate surface area is 115 Å². The van der Waals surface area contributed by atoms with Gasteiger partial charge in [-0.15, -0.1) is 0 Å². The zero-order valence-electron chi connectivity index (χ0n) is 13.5. The van der Waals surface area contributed by atoms with Gasteiger partial charge in [0.25, 0.3) is 0 Å². The molecule has 0 saturated carbocycles. The van der Waals surface area contributed by atoms with Crippen molar-refractivity contribution in [3.8, 4) is 0 Å². The molecule has 0 aromatic heterocycles. The molecule has 0 atom stereocenters. The number of benzene rings is 1. The molecule has 0 N–H and O–H groups in total. The van der Waals surface area contributed by atoms with Gasteiger partial charge in [0, 0.05) is 0 Å². The van der Waals surface area contributed by atoms with Gasteiger partial charge in [-0.1, -0.05) is 91.6 Å². The average molecular weight is 248 g/mol. The first kappa shape index (κ1) is 17.2. The van der Waals surface area contributed by atoms with E-state index in [0.717, 1.165) is 0 Å². The van der Waals surface area contributed by atoms with Gasteiger partial charge in [0.05, 0.1) is 0 Å². The second kappa shape index (κ2) is 7.61. The number of unbranched alkanes of at least 4 members (excludes halogenated alkanes) is 1. The van der Waals surface area contributed by atoms with Crippen molar-refractivity contribution >= 4 is 0 Å². The number of hydrogen-bond donors (Lipinski definition) is 0. The van der Waals surface area contributed by atoms with Crippen LogP contribution in [0.15, 0.2) is 30.3 Å². The van der Waals surface area contributed by atoms with Gasteiger partial charge in [0.15, 0.2) is 0 Å². The molecule has 1 aromatic rings. The van der Waals surface area contributed by atoms with Gasteiger partial charge >= 0.3 is 0 Å². The molecule has 0 amide bonds. The molecule has 0 bridgehead atoms. The smallest absolute Gasteiger partial charge is 0.0132 e. The van der Waals surface area contributed by atoms with Crippen LogP contribution in [0.1, 0.15) is 73.3 Å². The Kier molecular flexibility index (Phi) is 7.28. The largest absolute Gasteiger partial charge is 0.0654 e. The van der Waals surface area contributed by atoms with Gasteiger partial charge in [0.1, 0.15) is 0 Å². The molecule has 1 rings (SSSR count). The Morgan fingerprint density at radius 1 is 0.833 bits per heavy atom. The maximum absolute atomic E-state index is 2.29. The summed E-state index contributed by atoms with van der Waals surface area (Å²) < 4.78 is 0. The first-order valence-electron chi connectivity index (χ1n) is 7.22. The second-order valence-electron chi connectivity index (χ2n) is 7.28. The molecule has 1 aromatic carbocycles. The Bertz CT molecular complexity index is 295. The van der Waals surface area contributed by atoms with Crippen molar-refractivity contribution in [2.24, 2.45) is 5.41 Å². The van der Waals surface area contributed by atoms with Crippen LogP contribution in [0.25, 0.3) is 0 Å². The highest BCUT2D eigenvalue weighted by Gasteiger charge is 2.11. The lowest BCUT2D eigenvalue weighted by Gasteiger charge is -2.18. The van der Waals surface area contributed by atoms with E-state index < -0.39 is 0 Å². The van der Waals surface area contributed by atoms with Crippen molar-refractivity contribution in [1.82, 2.24) is 0 Å². The van der Waals surface area contributed by atoms with E-state index in [-0.39, 0.29) is 0 Å². The van der Waals surface area contributed by atoms with Gasteiger partial charge in [-0.05, 0) is 22.8 Å². The third kappa shape index (κ3) is 9.27. The fraction of sp³-hybridized carbons (Fsp3) is 0.667. The minimum absolute atomic E-state index is 0.293. The lowest BCUT2D eigenvalue weighted by Crippen LogP contribution is -2.10. The van der Waals surface area contributed by atoms with E-state index in [2.05, 4.69) is 78.8 Å². The zero-order chi connectivity index (χ0) is 14.2. The quantitative estimate of drug-likeness (QED) is 0.584. The Hall–Kier alpha value is -0.780. The van der Waals surface area contributed by atoms with E-state index in [9.17, 15) is 0 Å². The number of rotatable bonds is 2. The summed E-state index contributed by atoms with van der Waals surface area (Å²) in [5.74, 6) is 0. The summed E-state index contributed by atoms with van der Waals surface area (Å²) in [6.07, 6.45) is 4.07. The predicted molar refractivity (Wildman–Crippen MR) is 84.1 cm³/mol. The zero-order valence-corrected chi connectivity index (χ0v) is 13.5. The van der Waals surface area contributed by atoms with Gasteiger partial charge in [-0.2, -0.15) is 0 Å². The van der Waals surface area contributed by atoms with Crippen molar-refractivity contribution < 1.29 is 0 Å². The monoisotopic (exact) mass is 248 g/mol. The molecule has 18 heavy (non-hydrogen) atoms. The first-order valence-corrected chi connectivity index (χ1v) is 7.22. The summed E-state index contributed by atoms with van der Waals surface area (Å²) in [6, 6.07) is 10.6. The van der Waals surface area contributed by atoms with E-state index in [1.165, 1.54) is 24.8 Å². The molecule has 0 unspecified atom stereocenters. The summed E-state index contributed by atoms with van der Waals surface area (Å²) in [6.45, 7) is 15.8. The lowest BCUT2D eigenvalue weighted by molar-refractivity contribution is 0.363. The third-order valence-electron chi connectivity index (χ3n) is 2.92. The van der Waals surface area contributed by atoms with Gasteiger partial charge in [0.2, 0.25) is 0 Å². The maximum Gasteiger partial charge on any atom is -0.0132 e. The van der Waals surface area contributed by atoms with Gasteiger partial charge in [-0.3, -0.25) is 0 Å². The second-order valence-corrected chi connectivity index (χ2v) is 7.28. The van der Waals surface area contributed by atoms with E-state index in [1.807, 2.05) is 0 Å². The molecule has 0 saturated heterocycles. The van der Waals surface area contributed by atoms with Crippen LogP contribution in [0, 0.1) is 5.41 Å². The molecule has 0 aliphatic heterocycles. The molecular formula is C18H32. The molecule has 0 radical (unpaired) electrons. The molecule has 0 heteroatoms. The van der Waals surface area contributed by atoms with E-state index in [4.69, 9.17) is 0 Å². The Balaban J connectivity index is 0.000000331. The predicted octanol–water partition coefficient (Wildman–Crippen LogP) is 6.21. The standard InChI is InChI=1S/C10H14.C8H18/c1-10(2,3)9-7-5-4-6-8-9;1-5-6-7-8(2,3)4/h4-8H,1-3H3;5-7H2,1-4H3. The minimum Gasteiger partial charge on any atom is -0.0654 e. The van der Waals surface area contributed by atoms with Crippen LogP contribution in [0.5, 0.6) is 0 Å². The average Bonchev–Trinajstić information content (AvgIpc) is 2.26. The Morgan fingerprint density at radius 3 is 1.56 bits per heavy atom. The highest BCUT2D eigenvalue weighted by molar-refractivity contribution is 5.21. The van der Waals surface area contributed by atoms with Crippen LogP contribution in [0.2, 0.25) is 0 Å². The minimum atomic E-state index is 0.293. The van der Waals surface area contributed by atoms with E-state index in [1.54, 1.807) is 0 Å². The summed E-state index contributed by atoms with van der Waals surface area (Å²) >= 11 is 0. The summed E-state index contributed by atoms with van der Waals surface area (Å²) in [4.78, 5) is 0. The van der Waals surface area contributed by atoms with Crippen LogP contribution in [0.4, 0.5) is 0 Å². The van der Waals surface area contributed by atoms with Crippen molar-refractivity contribution in [2.45, 2.75) is 73.1 Å². The summed E-state index contributed by atoms with van der Waals surface area (Å²) in [7, 11) is 0. The van der Waals surface area contributed by atoms with Gasteiger partial charge < -0.3 is 0 Å². The van der Waals surface area contributed by atoms with Crippen molar-refractivity contribution in [1.29, 1.82) is 0 Å². The third-order valence-corrected chi connectivity index (χ3v) is 2.92. The first-order chi connectivity index (χ1) is 8.17. The SMILES string of the molecule is CC(C)(C)c1ccccc1.CCCCC(C)(C)C. The van der Waals surface area contributed by atoms with Crippen LogP contribution in [-0.2, 0) is 5.41 Å². The summed E-state index contributed by atoms with van der Waals surface area (Å²) in [5, 5.41) is 0. The molecule has 104 valence electrons. The van der Waals surface area contributed by atoms with Crippen LogP contribution >= 0.6 is 0 Å². The maximum atomic E-state index is 2.29. The molecular weight excluding hydrogens is 216 g/mol. The van der Waals surface area contributed by atoms with Crippen molar-refractivity contribution in [3.63, 3.8) is 0 Å². The summed E-state index contributed by atoms with van der Waals surface area (Å²) in [5.41, 5.74) is 2.24. The fourth-order valence-electron chi connectivity index (χ4n) is 1.65. The molecule has 0 heterocycles. The Morgan fingerprint density at radius 2 is 1.33 bits per heavy atom. The molecule has 0 nitrogen and oxygen atoms in total. The number of hydrogen-bond acceptors (Lipinski definition) is 0. The van der Waals surface area contributed by atoms with Gasteiger partial charge in [-0.25, -0.2) is 0 Å². The van der Waals surface area contributed by atoms with E-state index in [0.29, 0.717) is 10.8 Å². The molecule has 0 aliphatic carbocycles. The fourth-order valence-corrected chi connectivity index (χ4v) is 1.65. The van der Waals surface area contributed by atoms with Crippen LogP contribution < -0.4 is 0 Å². The van der Waals surface area contributed by atoms with Crippen molar-refractivity contribution in [3.05, 3.63) is 35.9 Å². The molecule has 0 fully saturated rings. The lowest BCUT2D eigenvalue weighted by atomic mass is 9.87.